The van der Waals surface area contributed by atoms with Crippen molar-refractivity contribution in [2.45, 2.75) is 37.9 Å². The predicted octanol–water partition coefficient (Wildman–Crippen LogP) is 5.12. The van der Waals surface area contributed by atoms with Crippen molar-refractivity contribution in [3.8, 4) is 0 Å². The quantitative estimate of drug-likeness (QED) is 0.251. The molecule has 34 heavy (non-hydrogen) atoms. The van der Waals surface area contributed by atoms with E-state index in [1.54, 1.807) is 4.57 Å². The number of nitrogens with zero attached hydrogens (tertiary/aromatic N) is 4. The zero-order valence-corrected chi connectivity index (χ0v) is 19.7. The topological polar surface area (TPSA) is 81.3 Å². The molecule has 7 nitrogen and oxygen atoms in total. The second-order valence-electron chi connectivity index (χ2n) is 8.16. The average molecular weight is 472 g/mol. The van der Waals surface area contributed by atoms with Crippen LogP contribution in [0, 0.1) is 0 Å². The summed E-state index contributed by atoms with van der Waals surface area (Å²) >= 11 is 1.31. The zero-order valence-electron chi connectivity index (χ0n) is 18.9. The van der Waals surface area contributed by atoms with Gasteiger partial charge < -0.3 is 5.32 Å². The van der Waals surface area contributed by atoms with Crippen LogP contribution in [0.2, 0.25) is 0 Å². The number of unbranched alkanes of at least 4 members (excludes halogenated alkanes) is 2. The first-order valence-corrected chi connectivity index (χ1v) is 12.4. The lowest BCUT2D eigenvalue weighted by Gasteiger charge is -2.11. The van der Waals surface area contributed by atoms with Crippen LogP contribution in [0.3, 0.4) is 0 Å². The van der Waals surface area contributed by atoms with Gasteiger partial charge in [-0.2, -0.15) is 0 Å². The minimum Gasteiger partial charge on any atom is -0.325 e. The molecule has 3 aromatic carbocycles. The highest BCUT2D eigenvalue weighted by Crippen LogP contribution is 2.25. The summed E-state index contributed by atoms with van der Waals surface area (Å²) in [6.07, 6.45) is 3.00. The van der Waals surface area contributed by atoms with E-state index >= 15 is 0 Å². The molecule has 5 aromatic rings. The van der Waals surface area contributed by atoms with Gasteiger partial charge in [0.2, 0.25) is 11.7 Å². The molecule has 172 valence electrons. The lowest BCUT2D eigenvalue weighted by molar-refractivity contribution is -0.113. The summed E-state index contributed by atoms with van der Waals surface area (Å²) in [7, 11) is 0. The van der Waals surface area contributed by atoms with Gasteiger partial charge in [-0.05, 0) is 30.0 Å². The largest absolute Gasteiger partial charge is 0.325 e. The second-order valence-corrected chi connectivity index (χ2v) is 9.11. The number of fused-ring (bicyclic) bond motifs is 4. The SMILES string of the molecule is CCCCCn1c(=O)c2ccccc2n2c(SCC(=O)Nc3cccc4ccccc34)nnc12. The van der Waals surface area contributed by atoms with Crippen LogP contribution in [0.15, 0.2) is 76.7 Å². The Hall–Kier alpha value is -3.65. The number of anilines is 1. The molecule has 0 atom stereocenters. The monoisotopic (exact) mass is 471 g/mol. The number of hydrogen-bond donors (Lipinski definition) is 1. The standard InChI is InChI=1S/C26H25N5O2S/c1-2-3-8-16-30-24(33)20-13-6-7-15-22(20)31-25(30)28-29-26(31)34-17-23(32)27-21-14-9-11-18-10-4-5-12-19(18)21/h4-7,9-15H,2-3,8,16-17H2,1H3,(H,27,32). The smallest absolute Gasteiger partial charge is 0.262 e. The third-order valence-electron chi connectivity index (χ3n) is 5.86. The molecule has 0 fully saturated rings. The molecule has 0 unspecified atom stereocenters. The van der Waals surface area contributed by atoms with E-state index in [-0.39, 0.29) is 17.2 Å². The molecule has 0 aliphatic heterocycles. The highest BCUT2D eigenvalue weighted by atomic mass is 32.2. The van der Waals surface area contributed by atoms with Gasteiger partial charge in [0.25, 0.3) is 5.56 Å². The summed E-state index contributed by atoms with van der Waals surface area (Å²) in [6, 6.07) is 21.3. The number of amides is 1. The number of rotatable bonds is 8. The molecule has 2 aromatic heterocycles. The molecule has 8 heteroatoms. The van der Waals surface area contributed by atoms with Crippen LogP contribution in [-0.2, 0) is 11.3 Å². The second kappa shape index (κ2) is 9.69. The van der Waals surface area contributed by atoms with Gasteiger partial charge in [0, 0.05) is 17.6 Å². The summed E-state index contributed by atoms with van der Waals surface area (Å²) in [6.45, 7) is 2.72. The lowest BCUT2D eigenvalue weighted by atomic mass is 10.1. The molecule has 0 aliphatic carbocycles. The molecule has 0 radical (unpaired) electrons. The van der Waals surface area contributed by atoms with Crippen LogP contribution in [-0.4, -0.2) is 30.8 Å². The summed E-state index contributed by atoms with van der Waals surface area (Å²) in [5, 5.41) is 15.0. The number of hydrogen-bond acceptors (Lipinski definition) is 5. The van der Waals surface area contributed by atoms with E-state index in [0.717, 1.165) is 41.2 Å². The first kappa shape index (κ1) is 22.2. The van der Waals surface area contributed by atoms with E-state index in [4.69, 9.17) is 0 Å². The van der Waals surface area contributed by atoms with E-state index in [2.05, 4.69) is 22.4 Å². The number of benzene rings is 3. The number of nitrogens with one attached hydrogen (secondary N) is 1. The minimum absolute atomic E-state index is 0.0585. The third kappa shape index (κ3) is 4.17. The lowest BCUT2D eigenvalue weighted by Crippen LogP contribution is -2.23. The van der Waals surface area contributed by atoms with Crippen molar-refractivity contribution in [1.82, 2.24) is 19.2 Å². The van der Waals surface area contributed by atoms with Gasteiger partial charge in [0.1, 0.15) is 0 Å². The Morgan fingerprint density at radius 3 is 2.56 bits per heavy atom. The molecule has 0 saturated heterocycles. The summed E-state index contributed by atoms with van der Waals surface area (Å²) < 4.78 is 3.59. The number of carbonyl (C=O) groups excluding carboxylic acids is 1. The first-order chi connectivity index (χ1) is 16.7. The Kier molecular flexibility index (Phi) is 6.31. The van der Waals surface area contributed by atoms with Crippen LogP contribution < -0.4 is 10.9 Å². The molecule has 0 bridgehead atoms. The van der Waals surface area contributed by atoms with E-state index < -0.39 is 0 Å². The van der Waals surface area contributed by atoms with Crippen molar-refractivity contribution >= 4 is 50.8 Å². The molecule has 1 N–H and O–H groups in total. The van der Waals surface area contributed by atoms with Crippen molar-refractivity contribution < 1.29 is 4.79 Å². The Bertz CT molecular complexity index is 1550. The van der Waals surface area contributed by atoms with Crippen LogP contribution >= 0.6 is 11.8 Å². The van der Waals surface area contributed by atoms with Crippen LogP contribution in [0.25, 0.3) is 27.5 Å². The van der Waals surface area contributed by atoms with Gasteiger partial charge >= 0.3 is 0 Å². The number of aromatic nitrogens is 4. The van der Waals surface area contributed by atoms with E-state index in [9.17, 15) is 9.59 Å². The predicted molar refractivity (Wildman–Crippen MR) is 138 cm³/mol. The number of aryl methyl sites for hydroxylation is 1. The summed E-state index contributed by atoms with van der Waals surface area (Å²) in [5.41, 5.74) is 1.47. The molecule has 2 heterocycles. The minimum atomic E-state index is -0.126. The maximum Gasteiger partial charge on any atom is 0.262 e. The average Bonchev–Trinajstić information content (AvgIpc) is 3.29. The molecule has 1 amide bonds. The van der Waals surface area contributed by atoms with E-state index in [1.807, 2.05) is 71.1 Å². The Morgan fingerprint density at radius 1 is 0.941 bits per heavy atom. The van der Waals surface area contributed by atoms with Crippen molar-refractivity contribution in [2.24, 2.45) is 0 Å². The molecule has 0 saturated carbocycles. The number of thioether (sulfide) groups is 1. The first-order valence-electron chi connectivity index (χ1n) is 11.4. The Balaban J connectivity index is 1.44. The van der Waals surface area contributed by atoms with Gasteiger partial charge in [-0.15, -0.1) is 10.2 Å². The van der Waals surface area contributed by atoms with E-state index in [0.29, 0.717) is 22.9 Å². The van der Waals surface area contributed by atoms with Crippen LogP contribution in [0.1, 0.15) is 26.2 Å². The zero-order chi connectivity index (χ0) is 23.5. The van der Waals surface area contributed by atoms with Crippen molar-refractivity contribution in [3.05, 3.63) is 77.1 Å². The van der Waals surface area contributed by atoms with E-state index in [1.165, 1.54) is 11.8 Å². The van der Waals surface area contributed by atoms with Crippen LogP contribution in [0.5, 0.6) is 0 Å². The highest BCUT2D eigenvalue weighted by Gasteiger charge is 2.17. The Morgan fingerprint density at radius 2 is 1.71 bits per heavy atom. The van der Waals surface area contributed by atoms with Crippen LogP contribution in [0.4, 0.5) is 5.69 Å². The van der Waals surface area contributed by atoms with Gasteiger partial charge in [-0.3, -0.25) is 18.6 Å². The highest BCUT2D eigenvalue weighted by molar-refractivity contribution is 7.99. The fourth-order valence-corrected chi connectivity index (χ4v) is 4.94. The van der Waals surface area contributed by atoms with Gasteiger partial charge in [-0.1, -0.05) is 80.1 Å². The number of carbonyl (C=O) groups is 1. The normalized spacial score (nSPS) is 11.4. The Labute approximate surface area is 200 Å². The maximum atomic E-state index is 13.1. The fraction of sp³-hybridized carbons (Fsp3) is 0.231. The molecule has 0 spiro atoms. The molecular weight excluding hydrogens is 446 g/mol. The molecular formula is C26H25N5O2S. The van der Waals surface area contributed by atoms with Gasteiger partial charge in [0.05, 0.1) is 16.7 Å². The summed E-state index contributed by atoms with van der Waals surface area (Å²) in [4.78, 5) is 25.9. The molecule has 0 aliphatic rings. The van der Waals surface area contributed by atoms with Crippen molar-refractivity contribution in [2.75, 3.05) is 11.1 Å². The third-order valence-corrected chi connectivity index (χ3v) is 6.79. The molecule has 5 rings (SSSR count). The number of para-hydroxylation sites is 1. The van der Waals surface area contributed by atoms with Crippen molar-refractivity contribution in [1.29, 1.82) is 0 Å². The van der Waals surface area contributed by atoms with Gasteiger partial charge in [-0.25, -0.2) is 0 Å². The summed E-state index contributed by atoms with van der Waals surface area (Å²) in [5.74, 6) is 0.559. The fourth-order valence-electron chi connectivity index (χ4n) is 4.20. The van der Waals surface area contributed by atoms with Gasteiger partial charge in [0.15, 0.2) is 5.16 Å². The van der Waals surface area contributed by atoms with Crippen molar-refractivity contribution in [3.63, 3.8) is 0 Å². The maximum absolute atomic E-state index is 13.1.